The monoisotopic (exact) mass is 228 g/mol. The number of rotatable bonds is 2. The van der Waals surface area contributed by atoms with Gasteiger partial charge in [-0.3, -0.25) is 0 Å². The number of para-hydroxylation sites is 2. The fourth-order valence-electron chi connectivity index (χ4n) is 1.88. The van der Waals surface area contributed by atoms with Gasteiger partial charge in [-0.15, -0.1) is 0 Å². The van der Waals surface area contributed by atoms with Crippen LogP contribution < -0.4 is 15.5 Å². The molecule has 0 unspecified atom stereocenters. The van der Waals surface area contributed by atoms with Crippen molar-refractivity contribution in [2.75, 3.05) is 5.32 Å². The average Bonchev–Trinajstić information content (AvgIpc) is 2.36. The van der Waals surface area contributed by atoms with Gasteiger partial charge < -0.3 is 15.3 Å². The van der Waals surface area contributed by atoms with Gasteiger partial charge in [0.15, 0.2) is 11.5 Å². The molecule has 0 saturated heterocycles. The van der Waals surface area contributed by atoms with Crippen LogP contribution in [0.4, 0.5) is 11.4 Å². The Morgan fingerprint density at radius 3 is 2.76 bits per heavy atom. The molecule has 86 valence electrons. The Hall–Kier alpha value is -2.04. The summed E-state index contributed by atoms with van der Waals surface area (Å²) in [6.45, 7) is 0.401. The minimum Gasteiger partial charge on any atom is -0.453 e. The Morgan fingerprint density at radius 1 is 1.06 bits per heavy atom. The first kappa shape index (κ1) is 10.1. The number of anilines is 2. The van der Waals surface area contributed by atoms with Crippen LogP contribution in [0.3, 0.4) is 0 Å². The molecule has 0 aromatic heterocycles. The van der Waals surface area contributed by atoms with E-state index >= 15 is 0 Å². The van der Waals surface area contributed by atoms with Crippen LogP contribution >= 0.6 is 0 Å². The molecule has 2 aromatic carbocycles. The molecule has 0 fully saturated rings. The summed E-state index contributed by atoms with van der Waals surface area (Å²) in [4.78, 5) is 0. The predicted octanol–water partition coefficient (Wildman–Crippen LogP) is 3.01. The highest BCUT2D eigenvalue weighted by Crippen LogP contribution is 2.41. The molecule has 0 radical (unpaired) electrons. The summed E-state index contributed by atoms with van der Waals surface area (Å²) < 4.78 is 5.79. The third-order valence-corrected chi connectivity index (χ3v) is 2.71. The van der Waals surface area contributed by atoms with Crippen LogP contribution in [-0.2, 0) is 6.54 Å². The highest BCUT2D eigenvalue weighted by Gasteiger charge is 2.15. The van der Waals surface area contributed by atoms with Crippen molar-refractivity contribution >= 4 is 11.4 Å². The second-order valence-electron chi connectivity index (χ2n) is 3.89. The largest absolute Gasteiger partial charge is 0.453 e. The first-order valence-corrected chi connectivity index (χ1v) is 5.40. The Kier molecular flexibility index (Phi) is 2.44. The zero-order valence-electron chi connectivity index (χ0n) is 9.10. The molecule has 3 N–H and O–H groups in total. The van der Waals surface area contributed by atoms with Crippen LogP contribution in [0.25, 0.3) is 0 Å². The molecule has 3 rings (SSSR count). The molecule has 0 atom stereocenters. The van der Waals surface area contributed by atoms with Crippen LogP contribution in [0.2, 0.25) is 0 Å². The van der Waals surface area contributed by atoms with E-state index in [2.05, 4.69) is 10.8 Å². The van der Waals surface area contributed by atoms with E-state index in [4.69, 9.17) is 9.94 Å². The Bertz CT molecular complexity index is 555. The first-order valence-electron chi connectivity index (χ1n) is 5.40. The third kappa shape index (κ3) is 1.84. The van der Waals surface area contributed by atoms with E-state index in [-0.39, 0.29) is 0 Å². The molecule has 4 nitrogen and oxygen atoms in total. The van der Waals surface area contributed by atoms with E-state index < -0.39 is 0 Å². The molecule has 0 aliphatic carbocycles. The number of hydrogen-bond donors (Lipinski definition) is 3. The van der Waals surface area contributed by atoms with E-state index in [9.17, 15) is 0 Å². The number of benzene rings is 2. The molecule has 0 spiro atoms. The van der Waals surface area contributed by atoms with Crippen LogP contribution in [0.5, 0.6) is 11.5 Å². The van der Waals surface area contributed by atoms with Crippen molar-refractivity contribution in [2.24, 2.45) is 0 Å². The highest BCUT2D eigenvalue weighted by atomic mass is 16.5. The molecule has 0 amide bonds. The lowest BCUT2D eigenvalue weighted by Gasteiger charge is -2.22. The predicted molar refractivity (Wildman–Crippen MR) is 64.9 cm³/mol. The molecule has 1 heterocycles. The number of nitrogens with one attached hydrogen (secondary N) is 2. The summed E-state index contributed by atoms with van der Waals surface area (Å²) in [5, 5.41) is 12.0. The molecule has 1 aliphatic rings. The Labute approximate surface area is 98.8 Å². The topological polar surface area (TPSA) is 53.5 Å². The Morgan fingerprint density at radius 2 is 1.88 bits per heavy atom. The smallest absolute Gasteiger partial charge is 0.151 e. The van der Waals surface area contributed by atoms with Gasteiger partial charge in [-0.05, 0) is 29.8 Å². The quantitative estimate of drug-likeness (QED) is 0.590. The average molecular weight is 228 g/mol. The van der Waals surface area contributed by atoms with Crippen molar-refractivity contribution in [1.82, 2.24) is 5.48 Å². The summed E-state index contributed by atoms with van der Waals surface area (Å²) in [6.07, 6.45) is 0. The van der Waals surface area contributed by atoms with Crippen molar-refractivity contribution < 1.29 is 9.94 Å². The van der Waals surface area contributed by atoms with Crippen molar-refractivity contribution in [3.05, 3.63) is 48.0 Å². The maximum Gasteiger partial charge on any atom is 0.151 e. The van der Waals surface area contributed by atoms with E-state index in [1.165, 1.54) is 0 Å². The van der Waals surface area contributed by atoms with Crippen LogP contribution in [0.1, 0.15) is 5.56 Å². The van der Waals surface area contributed by atoms with Gasteiger partial charge in [0.1, 0.15) is 0 Å². The number of ether oxygens (including phenoxy) is 1. The normalized spacial score (nSPS) is 12.1. The van der Waals surface area contributed by atoms with Gasteiger partial charge in [0.25, 0.3) is 0 Å². The van der Waals surface area contributed by atoms with Gasteiger partial charge in [-0.1, -0.05) is 18.2 Å². The second-order valence-corrected chi connectivity index (χ2v) is 3.89. The minimum atomic E-state index is 0.401. The minimum absolute atomic E-state index is 0.401. The van der Waals surface area contributed by atoms with Crippen molar-refractivity contribution in [1.29, 1.82) is 0 Å². The first-order chi connectivity index (χ1) is 8.36. The van der Waals surface area contributed by atoms with Crippen molar-refractivity contribution in [3.63, 3.8) is 0 Å². The van der Waals surface area contributed by atoms with Crippen LogP contribution in [0.15, 0.2) is 42.5 Å². The van der Waals surface area contributed by atoms with Gasteiger partial charge in [0, 0.05) is 6.54 Å². The molecular weight excluding hydrogens is 216 g/mol. The fourth-order valence-corrected chi connectivity index (χ4v) is 1.88. The van der Waals surface area contributed by atoms with Gasteiger partial charge in [0.05, 0.1) is 11.4 Å². The molecule has 4 heteroatoms. The van der Waals surface area contributed by atoms with E-state index in [0.29, 0.717) is 6.54 Å². The fraction of sp³-hybridized carbons (Fsp3) is 0.0769. The number of fused-ring (bicyclic) bond motifs is 2. The molecule has 17 heavy (non-hydrogen) atoms. The number of hydroxylamine groups is 1. The molecule has 1 aliphatic heterocycles. The van der Waals surface area contributed by atoms with Gasteiger partial charge in [-0.25, -0.2) is 5.48 Å². The summed E-state index contributed by atoms with van der Waals surface area (Å²) in [6, 6.07) is 13.6. The van der Waals surface area contributed by atoms with E-state index in [0.717, 1.165) is 28.4 Å². The standard InChI is InChI=1S/C13H12N2O2/c16-14-8-9-5-6-11-13(7-9)17-12-4-2-1-3-10(12)15-11/h1-7,14-16H,8H2. The summed E-state index contributed by atoms with van der Waals surface area (Å²) in [5.74, 6) is 1.59. The number of hydrogen-bond acceptors (Lipinski definition) is 4. The lowest BCUT2D eigenvalue weighted by Crippen LogP contribution is -2.07. The van der Waals surface area contributed by atoms with Crippen molar-refractivity contribution in [2.45, 2.75) is 6.54 Å². The van der Waals surface area contributed by atoms with E-state index in [1.54, 1.807) is 0 Å². The maximum atomic E-state index is 8.68. The molecular formula is C13H12N2O2. The zero-order valence-corrected chi connectivity index (χ0v) is 9.10. The van der Waals surface area contributed by atoms with Gasteiger partial charge in [-0.2, -0.15) is 0 Å². The van der Waals surface area contributed by atoms with Crippen LogP contribution in [0, 0.1) is 0 Å². The lowest BCUT2D eigenvalue weighted by molar-refractivity contribution is 0.161. The third-order valence-electron chi connectivity index (χ3n) is 2.71. The maximum absolute atomic E-state index is 8.68. The van der Waals surface area contributed by atoms with Gasteiger partial charge in [0.2, 0.25) is 0 Å². The Balaban J connectivity index is 1.97. The molecule has 0 bridgehead atoms. The molecule has 2 aromatic rings. The second kappa shape index (κ2) is 4.08. The van der Waals surface area contributed by atoms with Crippen LogP contribution in [-0.4, -0.2) is 5.21 Å². The molecule has 0 saturated carbocycles. The SMILES string of the molecule is ONCc1ccc2c(c1)Oc1ccccc1N2. The lowest BCUT2D eigenvalue weighted by atomic mass is 10.1. The summed E-state index contributed by atoms with van der Waals surface area (Å²) >= 11 is 0. The van der Waals surface area contributed by atoms with Crippen molar-refractivity contribution in [3.8, 4) is 11.5 Å². The zero-order chi connectivity index (χ0) is 11.7. The highest BCUT2D eigenvalue weighted by molar-refractivity contribution is 5.75. The summed E-state index contributed by atoms with van der Waals surface area (Å²) in [7, 11) is 0. The van der Waals surface area contributed by atoms with E-state index in [1.807, 2.05) is 42.5 Å². The van der Waals surface area contributed by atoms with Gasteiger partial charge >= 0.3 is 0 Å². The summed E-state index contributed by atoms with van der Waals surface area (Å²) in [5.41, 5.74) is 5.00.